The van der Waals surface area contributed by atoms with Gasteiger partial charge in [0.2, 0.25) is 10.6 Å². The van der Waals surface area contributed by atoms with Crippen LogP contribution in [0.3, 0.4) is 0 Å². The Morgan fingerprint density at radius 1 is 1.22 bits per heavy atom. The molecule has 0 atom stereocenters. The number of aromatic nitrogens is 3. The monoisotopic (exact) mass is 400 g/mol. The van der Waals surface area contributed by atoms with Crippen LogP contribution in [0.25, 0.3) is 11.6 Å². The number of hydrogen-bond acceptors (Lipinski definition) is 6. The second kappa shape index (κ2) is 7.65. The van der Waals surface area contributed by atoms with Crippen LogP contribution in [-0.4, -0.2) is 21.1 Å². The minimum atomic E-state index is 0.250. The van der Waals surface area contributed by atoms with Gasteiger partial charge in [0.05, 0.1) is 17.5 Å². The van der Waals surface area contributed by atoms with E-state index in [9.17, 15) is 0 Å². The Bertz CT molecular complexity index is 1130. The van der Waals surface area contributed by atoms with Crippen LogP contribution in [-0.2, 0) is 6.61 Å². The van der Waals surface area contributed by atoms with Crippen molar-refractivity contribution in [2.24, 2.45) is 5.10 Å². The number of para-hydroxylation sites is 1. The van der Waals surface area contributed by atoms with E-state index in [1.54, 1.807) is 42.7 Å². The molecule has 7 nitrogen and oxygen atoms in total. The molecule has 4 aromatic rings. The number of ether oxygens (including phenoxy) is 1. The number of benzene rings is 1. The first kappa shape index (κ1) is 17.3. The fourth-order valence-corrected chi connectivity index (χ4v) is 2.70. The zero-order valence-electron chi connectivity index (χ0n) is 13.8. The third-order valence-corrected chi connectivity index (χ3v) is 4.16. The maximum absolute atomic E-state index is 6.07. The average molecular weight is 401 g/mol. The number of hydrogen-bond donors (Lipinski definition) is 1. The molecule has 0 saturated carbocycles. The number of aromatic amines is 1. The van der Waals surface area contributed by atoms with Crippen molar-refractivity contribution in [3.05, 3.63) is 76.1 Å². The Kier molecular flexibility index (Phi) is 4.91. The first-order chi connectivity index (χ1) is 13.2. The molecule has 0 unspecified atom stereocenters. The molecule has 3 heterocycles. The molecule has 27 heavy (non-hydrogen) atoms. The van der Waals surface area contributed by atoms with E-state index in [2.05, 4.69) is 15.3 Å². The highest BCUT2D eigenvalue weighted by Crippen LogP contribution is 2.24. The van der Waals surface area contributed by atoms with Crippen molar-refractivity contribution in [2.75, 3.05) is 0 Å². The van der Waals surface area contributed by atoms with Gasteiger partial charge >= 0.3 is 0 Å². The Morgan fingerprint density at radius 2 is 2.11 bits per heavy atom. The number of rotatable bonds is 6. The third kappa shape index (κ3) is 3.86. The van der Waals surface area contributed by atoms with Crippen molar-refractivity contribution in [3.63, 3.8) is 0 Å². The van der Waals surface area contributed by atoms with Crippen molar-refractivity contribution >= 4 is 30.0 Å². The van der Waals surface area contributed by atoms with Crippen LogP contribution >= 0.6 is 23.8 Å². The smallest absolute Gasteiger partial charge is 0.219 e. The molecule has 1 aromatic carbocycles. The van der Waals surface area contributed by atoms with Gasteiger partial charge in [-0.1, -0.05) is 23.7 Å². The summed E-state index contributed by atoms with van der Waals surface area (Å²) in [7, 11) is 0. The van der Waals surface area contributed by atoms with Crippen LogP contribution in [0.4, 0.5) is 0 Å². The van der Waals surface area contributed by atoms with Gasteiger partial charge in [-0.05, 0) is 48.6 Å². The second-order valence-corrected chi connectivity index (χ2v) is 6.20. The van der Waals surface area contributed by atoms with Crippen LogP contribution in [0.5, 0.6) is 5.75 Å². The number of H-pyrrole nitrogens is 1. The molecule has 0 spiro atoms. The predicted molar refractivity (Wildman–Crippen MR) is 103 cm³/mol. The molecular formula is C18H13ClN4O3S. The van der Waals surface area contributed by atoms with Gasteiger partial charge in [0.1, 0.15) is 23.9 Å². The van der Waals surface area contributed by atoms with Gasteiger partial charge in [-0.3, -0.25) is 0 Å². The largest absolute Gasteiger partial charge is 0.484 e. The maximum Gasteiger partial charge on any atom is 0.219 e. The zero-order chi connectivity index (χ0) is 18.6. The lowest BCUT2D eigenvalue weighted by Crippen LogP contribution is -1.95. The lowest BCUT2D eigenvalue weighted by molar-refractivity contribution is 0.270. The summed E-state index contributed by atoms with van der Waals surface area (Å²) in [5.41, 5.74) is 0. The van der Waals surface area contributed by atoms with Crippen molar-refractivity contribution in [2.45, 2.75) is 6.61 Å². The minimum Gasteiger partial charge on any atom is -0.484 e. The van der Waals surface area contributed by atoms with E-state index in [-0.39, 0.29) is 6.61 Å². The highest BCUT2D eigenvalue weighted by molar-refractivity contribution is 7.71. The number of nitrogens with one attached hydrogen (secondary N) is 1. The van der Waals surface area contributed by atoms with E-state index in [1.165, 1.54) is 10.9 Å². The normalized spacial score (nSPS) is 11.3. The van der Waals surface area contributed by atoms with Gasteiger partial charge in [-0.2, -0.15) is 9.78 Å². The summed E-state index contributed by atoms with van der Waals surface area (Å²) in [5, 5.41) is 11.7. The summed E-state index contributed by atoms with van der Waals surface area (Å²) in [4.78, 5) is 0. The molecule has 3 aromatic heterocycles. The highest BCUT2D eigenvalue weighted by atomic mass is 35.5. The van der Waals surface area contributed by atoms with E-state index >= 15 is 0 Å². The lowest BCUT2D eigenvalue weighted by Gasteiger charge is -2.05. The van der Waals surface area contributed by atoms with Crippen molar-refractivity contribution < 1.29 is 13.6 Å². The van der Waals surface area contributed by atoms with Crippen LogP contribution in [0, 0.1) is 4.77 Å². The molecule has 136 valence electrons. The second-order valence-electron chi connectivity index (χ2n) is 5.41. The van der Waals surface area contributed by atoms with Crippen molar-refractivity contribution in [1.29, 1.82) is 0 Å². The molecule has 9 heteroatoms. The van der Waals surface area contributed by atoms with E-state index in [0.717, 1.165) is 0 Å². The molecule has 0 aliphatic rings. The van der Waals surface area contributed by atoms with E-state index in [4.69, 9.17) is 37.4 Å². The molecule has 0 saturated heterocycles. The standard InChI is InChI=1S/C18H13ClN4O3S/c19-14-4-1-2-5-15(14)25-11-13-8-7-12(26-13)10-20-23-17(21-22-18(23)27)16-6-3-9-24-16/h1-10H,11H2,(H,22,27). The van der Waals surface area contributed by atoms with Crippen molar-refractivity contribution in [1.82, 2.24) is 14.9 Å². The van der Waals surface area contributed by atoms with Crippen molar-refractivity contribution in [3.8, 4) is 17.3 Å². The van der Waals surface area contributed by atoms with Gasteiger partial charge in [0.15, 0.2) is 5.76 Å². The van der Waals surface area contributed by atoms with Gasteiger partial charge in [-0.15, -0.1) is 5.10 Å². The zero-order valence-corrected chi connectivity index (χ0v) is 15.4. The molecule has 0 amide bonds. The molecule has 0 radical (unpaired) electrons. The molecule has 1 N–H and O–H groups in total. The van der Waals surface area contributed by atoms with Crippen LogP contribution in [0.2, 0.25) is 5.02 Å². The molecule has 0 bridgehead atoms. The number of nitrogens with zero attached hydrogens (tertiary/aromatic N) is 3. The SMILES string of the molecule is S=c1[nH]nc(-c2ccco2)n1N=Cc1ccc(COc2ccccc2Cl)o1. The molecule has 0 aliphatic heterocycles. The third-order valence-electron chi connectivity index (χ3n) is 3.58. The fraction of sp³-hybridized carbons (Fsp3) is 0.0556. The maximum atomic E-state index is 6.07. The summed E-state index contributed by atoms with van der Waals surface area (Å²) in [6, 6.07) is 14.4. The Morgan fingerprint density at radius 3 is 2.93 bits per heavy atom. The topological polar surface area (TPSA) is 81.5 Å². The number of furan rings is 2. The van der Waals surface area contributed by atoms with E-state index in [0.29, 0.717) is 38.6 Å². The number of halogens is 1. The van der Waals surface area contributed by atoms with E-state index in [1.807, 2.05) is 12.1 Å². The van der Waals surface area contributed by atoms with Gasteiger partial charge in [0, 0.05) is 0 Å². The van der Waals surface area contributed by atoms with Gasteiger partial charge in [-0.25, -0.2) is 5.10 Å². The first-order valence-corrected chi connectivity index (χ1v) is 8.71. The van der Waals surface area contributed by atoms with Gasteiger partial charge in [0.25, 0.3) is 0 Å². The first-order valence-electron chi connectivity index (χ1n) is 7.92. The summed E-state index contributed by atoms with van der Waals surface area (Å²) in [5.74, 6) is 2.79. The van der Waals surface area contributed by atoms with Crippen LogP contribution < -0.4 is 4.74 Å². The molecule has 0 fully saturated rings. The Hall–Kier alpha value is -3.10. The summed E-state index contributed by atoms with van der Waals surface area (Å²) in [6.07, 6.45) is 3.09. The minimum absolute atomic E-state index is 0.250. The fourth-order valence-electron chi connectivity index (χ4n) is 2.33. The quantitative estimate of drug-likeness (QED) is 0.367. The molecule has 4 rings (SSSR count). The summed E-state index contributed by atoms with van der Waals surface area (Å²) >= 11 is 11.3. The summed E-state index contributed by atoms with van der Waals surface area (Å²) in [6.45, 7) is 0.250. The predicted octanol–water partition coefficient (Wildman–Crippen LogP) is 4.91. The lowest BCUT2D eigenvalue weighted by atomic mass is 10.3. The molecular weight excluding hydrogens is 388 g/mol. The Labute approximate surface area is 163 Å². The summed E-state index contributed by atoms with van der Waals surface area (Å²) < 4.78 is 18.5. The van der Waals surface area contributed by atoms with Crippen LogP contribution in [0.15, 0.2) is 68.7 Å². The Balaban J connectivity index is 1.48. The average Bonchev–Trinajstić information content (AvgIpc) is 3.40. The highest BCUT2D eigenvalue weighted by Gasteiger charge is 2.10. The van der Waals surface area contributed by atoms with E-state index < -0.39 is 0 Å². The van der Waals surface area contributed by atoms with Gasteiger partial charge < -0.3 is 13.6 Å². The van der Waals surface area contributed by atoms with Crippen LogP contribution in [0.1, 0.15) is 11.5 Å². The molecule has 0 aliphatic carbocycles.